The average molecular weight is 374 g/mol. The number of ether oxygens (including phenoxy) is 1. The Bertz CT molecular complexity index is 1010. The maximum absolute atomic E-state index is 12.1. The third kappa shape index (κ3) is 5.04. The molecule has 0 aliphatic carbocycles. The number of carbonyl (C=O) groups is 1. The summed E-state index contributed by atoms with van der Waals surface area (Å²) in [6, 6.07) is 20.9. The van der Waals surface area contributed by atoms with Crippen molar-refractivity contribution in [2.24, 2.45) is 0 Å². The molecule has 3 rings (SSSR count). The highest BCUT2D eigenvalue weighted by Crippen LogP contribution is 2.23. The second-order valence-corrected chi connectivity index (χ2v) is 6.08. The van der Waals surface area contributed by atoms with Crippen molar-refractivity contribution >= 4 is 23.4 Å². The molecule has 0 fully saturated rings. The van der Waals surface area contributed by atoms with Gasteiger partial charge < -0.3 is 10.1 Å². The van der Waals surface area contributed by atoms with Crippen LogP contribution in [-0.4, -0.2) is 10.8 Å². The van der Waals surface area contributed by atoms with Gasteiger partial charge in [-0.25, -0.2) is 0 Å². The molecule has 0 spiro atoms. The van der Waals surface area contributed by atoms with E-state index in [2.05, 4.69) is 5.32 Å². The Kier molecular flexibility index (Phi) is 5.81. The molecule has 140 valence electrons. The number of para-hydroxylation sites is 1. The van der Waals surface area contributed by atoms with Gasteiger partial charge in [0.05, 0.1) is 10.5 Å². The zero-order valence-electron chi connectivity index (χ0n) is 15.2. The van der Waals surface area contributed by atoms with Gasteiger partial charge >= 0.3 is 0 Å². The maximum Gasteiger partial charge on any atom is 0.276 e. The van der Waals surface area contributed by atoms with E-state index >= 15 is 0 Å². The molecule has 0 aliphatic heterocycles. The minimum atomic E-state index is -0.482. The molecule has 0 unspecified atom stereocenters. The van der Waals surface area contributed by atoms with Crippen molar-refractivity contribution in [2.75, 3.05) is 5.32 Å². The van der Waals surface area contributed by atoms with Crippen LogP contribution >= 0.6 is 0 Å². The monoisotopic (exact) mass is 374 g/mol. The SMILES string of the molecule is Cc1ccc(Oc2ccc(NC(=O)/C=C/c3ccccc3[N+](=O)[O-])cc2)cc1. The van der Waals surface area contributed by atoms with E-state index in [1.165, 1.54) is 18.2 Å². The Morgan fingerprint density at radius 1 is 0.964 bits per heavy atom. The second kappa shape index (κ2) is 8.64. The molecule has 0 radical (unpaired) electrons. The molecule has 28 heavy (non-hydrogen) atoms. The van der Waals surface area contributed by atoms with Crippen molar-refractivity contribution in [2.45, 2.75) is 6.92 Å². The number of anilines is 1. The first-order valence-electron chi connectivity index (χ1n) is 8.58. The molecule has 0 atom stereocenters. The van der Waals surface area contributed by atoms with Gasteiger partial charge in [-0.15, -0.1) is 0 Å². The Balaban J connectivity index is 1.61. The quantitative estimate of drug-likeness (QED) is 0.358. The number of hydrogen-bond donors (Lipinski definition) is 1. The number of nitro groups is 1. The van der Waals surface area contributed by atoms with Crippen molar-refractivity contribution in [3.8, 4) is 11.5 Å². The number of amides is 1. The lowest BCUT2D eigenvalue weighted by molar-refractivity contribution is -0.385. The third-order valence-corrected chi connectivity index (χ3v) is 3.93. The first kappa shape index (κ1) is 18.8. The van der Waals surface area contributed by atoms with Gasteiger partial charge in [-0.3, -0.25) is 14.9 Å². The highest BCUT2D eigenvalue weighted by Gasteiger charge is 2.09. The number of nitrogens with zero attached hydrogens (tertiary/aromatic N) is 1. The highest BCUT2D eigenvalue weighted by molar-refractivity contribution is 6.02. The molecule has 0 heterocycles. The van der Waals surface area contributed by atoms with Crippen LogP contribution in [0.2, 0.25) is 0 Å². The molecule has 0 aromatic heterocycles. The molecule has 0 bridgehead atoms. The molecule has 0 saturated carbocycles. The molecule has 6 heteroatoms. The van der Waals surface area contributed by atoms with Gasteiger partial charge in [0.25, 0.3) is 5.69 Å². The first-order chi connectivity index (χ1) is 13.5. The van der Waals surface area contributed by atoms with Gasteiger partial charge in [0.1, 0.15) is 11.5 Å². The van der Waals surface area contributed by atoms with Crippen LogP contribution in [0.3, 0.4) is 0 Å². The molecule has 0 saturated heterocycles. The lowest BCUT2D eigenvalue weighted by atomic mass is 10.1. The van der Waals surface area contributed by atoms with Gasteiger partial charge in [0, 0.05) is 17.8 Å². The van der Waals surface area contributed by atoms with Crippen LogP contribution in [-0.2, 0) is 4.79 Å². The molecular formula is C22H18N2O4. The van der Waals surface area contributed by atoms with Gasteiger partial charge in [-0.2, -0.15) is 0 Å². The molecular weight excluding hydrogens is 356 g/mol. The zero-order valence-corrected chi connectivity index (χ0v) is 15.2. The second-order valence-electron chi connectivity index (χ2n) is 6.08. The first-order valence-corrected chi connectivity index (χ1v) is 8.58. The largest absolute Gasteiger partial charge is 0.457 e. The van der Waals surface area contributed by atoms with E-state index in [1.807, 2.05) is 31.2 Å². The van der Waals surface area contributed by atoms with Crippen LogP contribution in [0.1, 0.15) is 11.1 Å². The Labute approximate surface area is 162 Å². The summed E-state index contributed by atoms with van der Waals surface area (Å²) < 4.78 is 5.74. The van der Waals surface area contributed by atoms with Crippen molar-refractivity contribution < 1.29 is 14.5 Å². The number of rotatable bonds is 6. The molecule has 0 aliphatic rings. The third-order valence-electron chi connectivity index (χ3n) is 3.93. The van der Waals surface area contributed by atoms with Crippen LogP contribution in [0.4, 0.5) is 11.4 Å². The summed E-state index contributed by atoms with van der Waals surface area (Å²) in [5, 5.41) is 13.7. The number of nitrogens with one attached hydrogen (secondary N) is 1. The van der Waals surface area contributed by atoms with E-state index in [0.29, 0.717) is 17.0 Å². The minimum absolute atomic E-state index is 0.0517. The Morgan fingerprint density at radius 3 is 2.21 bits per heavy atom. The summed E-state index contributed by atoms with van der Waals surface area (Å²) >= 11 is 0. The summed E-state index contributed by atoms with van der Waals surface area (Å²) in [6.45, 7) is 2.01. The molecule has 6 nitrogen and oxygen atoms in total. The normalized spacial score (nSPS) is 10.6. The number of aryl methyl sites for hydroxylation is 1. The Morgan fingerprint density at radius 2 is 1.57 bits per heavy atom. The molecule has 3 aromatic rings. The standard InChI is InChI=1S/C22H18N2O4/c1-16-6-11-19(12-7-16)28-20-13-9-18(10-14-20)23-22(25)15-8-17-4-2-3-5-21(17)24(26)27/h2-15H,1H3,(H,23,25)/b15-8+. The smallest absolute Gasteiger partial charge is 0.276 e. The summed E-state index contributed by atoms with van der Waals surface area (Å²) in [7, 11) is 0. The fraction of sp³-hybridized carbons (Fsp3) is 0.0455. The number of nitro benzene ring substituents is 1. The summed E-state index contributed by atoms with van der Waals surface area (Å²) in [5.74, 6) is 0.998. The Hall–Kier alpha value is -3.93. The summed E-state index contributed by atoms with van der Waals surface area (Å²) in [4.78, 5) is 22.6. The highest BCUT2D eigenvalue weighted by atomic mass is 16.6. The average Bonchev–Trinajstić information content (AvgIpc) is 2.70. The molecule has 1 amide bonds. The van der Waals surface area contributed by atoms with Gasteiger partial charge in [0.2, 0.25) is 5.91 Å². The van der Waals surface area contributed by atoms with E-state index in [9.17, 15) is 14.9 Å². The number of benzene rings is 3. The van der Waals surface area contributed by atoms with Crippen molar-refractivity contribution in [1.29, 1.82) is 0 Å². The predicted octanol–water partition coefficient (Wildman–Crippen LogP) is 5.35. The van der Waals surface area contributed by atoms with Crippen LogP contribution in [0.25, 0.3) is 6.08 Å². The molecule has 1 N–H and O–H groups in total. The fourth-order valence-corrected chi connectivity index (χ4v) is 2.49. The fourth-order valence-electron chi connectivity index (χ4n) is 2.49. The minimum Gasteiger partial charge on any atom is -0.457 e. The van der Waals surface area contributed by atoms with Crippen LogP contribution < -0.4 is 10.1 Å². The predicted molar refractivity (Wildman–Crippen MR) is 108 cm³/mol. The van der Waals surface area contributed by atoms with E-state index in [0.717, 1.165) is 11.3 Å². The van der Waals surface area contributed by atoms with Gasteiger partial charge in [-0.05, 0) is 55.5 Å². The number of hydrogen-bond acceptors (Lipinski definition) is 4. The zero-order chi connectivity index (χ0) is 19.9. The van der Waals surface area contributed by atoms with Crippen LogP contribution in [0, 0.1) is 17.0 Å². The topological polar surface area (TPSA) is 81.5 Å². The van der Waals surface area contributed by atoms with Gasteiger partial charge in [0.15, 0.2) is 0 Å². The van der Waals surface area contributed by atoms with E-state index in [4.69, 9.17) is 4.74 Å². The van der Waals surface area contributed by atoms with Gasteiger partial charge in [-0.1, -0.05) is 29.8 Å². The molecule has 3 aromatic carbocycles. The van der Waals surface area contributed by atoms with Crippen molar-refractivity contribution in [1.82, 2.24) is 0 Å². The van der Waals surface area contributed by atoms with E-state index < -0.39 is 4.92 Å². The van der Waals surface area contributed by atoms with Crippen LogP contribution in [0.15, 0.2) is 78.9 Å². The van der Waals surface area contributed by atoms with Crippen molar-refractivity contribution in [3.05, 3.63) is 100 Å². The lowest BCUT2D eigenvalue weighted by Gasteiger charge is -2.07. The van der Waals surface area contributed by atoms with E-state index in [1.54, 1.807) is 42.5 Å². The lowest BCUT2D eigenvalue weighted by Crippen LogP contribution is -2.07. The number of carbonyl (C=O) groups excluding carboxylic acids is 1. The van der Waals surface area contributed by atoms with E-state index in [-0.39, 0.29) is 11.6 Å². The van der Waals surface area contributed by atoms with Crippen molar-refractivity contribution in [3.63, 3.8) is 0 Å². The summed E-state index contributed by atoms with van der Waals surface area (Å²) in [6.07, 6.45) is 2.68. The van der Waals surface area contributed by atoms with Crippen LogP contribution in [0.5, 0.6) is 11.5 Å². The summed E-state index contributed by atoms with van der Waals surface area (Å²) in [5.41, 5.74) is 2.06. The maximum atomic E-state index is 12.1.